The van der Waals surface area contributed by atoms with E-state index < -0.39 is 0 Å². The zero-order chi connectivity index (χ0) is 4.83. The Morgan fingerprint density at radius 2 is 2.50 bits per heavy atom. The smallest absolute Gasteiger partial charge is 0.322 e. The molecule has 0 aliphatic carbocycles. The lowest BCUT2D eigenvalue weighted by Gasteiger charge is -1.73. The number of carbonyl (C=O) groups is 1. The second-order valence-corrected chi connectivity index (χ2v) is 0.565. The van der Waals surface area contributed by atoms with Crippen LogP contribution in [0.4, 0.5) is 0 Å². The molecule has 0 saturated carbocycles. The van der Waals surface area contributed by atoms with Gasteiger partial charge in [-0.05, 0) is 6.92 Å². The maximum Gasteiger partial charge on any atom is 0.323 e. The van der Waals surface area contributed by atoms with E-state index in [1.165, 1.54) is 6.21 Å². The number of carbonyl (C=O) groups excluding carboxylic acids is 1. The summed E-state index contributed by atoms with van der Waals surface area (Å²) < 4.78 is 0. The molecule has 3 heteroatoms. The Labute approximate surface area is 35.6 Å². The van der Waals surface area contributed by atoms with Gasteiger partial charge in [0.2, 0.25) is 0 Å². The predicted molar refractivity (Wildman–Crippen MR) is 21.3 cm³/mol. The molecule has 34 valence electrons. The molecule has 0 unspecified atom stereocenters. The Kier molecular flexibility index (Phi) is 3.55. The van der Waals surface area contributed by atoms with Crippen LogP contribution >= 0.6 is 0 Å². The van der Waals surface area contributed by atoms with Gasteiger partial charge in [0.1, 0.15) is 0 Å². The van der Waals surface area contributed by atoms with Crippen molar-refractivity contribution in [3.63, 3.8) is 0 Å². The van der Waals surface area contributed by atoms with E-state index in [1.807, 2.05) is 0 Å². The second-order valence-electron chi connectivity index (χ2n) is 0.565. The van der Waals surface area contributed by atoms with Gasteiger partial charge in [-0.2, -0.15) is 0 Å². The van der Waals surface area contributed by atoms with Crippen molar-refractivity contribution in [1.29, 1.82) is 0 Å². The molecule has 0 aromatic heterocycles. The summed E-state index contributed by atoms with van der Waals surface area (Å²) in [4.78, 5) is 13.1. The molecule has 0 aromatic carbocycles. The average Bonchev–Trinajstić information content (AvgIpc) is 1.61. The number of rotatable bonds is 2. The van der Waals surface area contributed by atoms with Crippen LogP contribution in [0.3, 0.4) is 0 Å². The first-order chi connectivity index (χ1) is 2.91. The van der Waals surface area contributed by atoms with Crippen LogP contribution in [0.1, 0.15) is 6.92 Å². The first kappa shape index (κ1) is 5.14. The summed E-state index contributed by atoms with van der Waals surface area (Å²) in [5, 5.41) is 3.10. The predicted octanol–water partition coefficient (Wildman–Crippen LogP) is 0.165. The Hall–Kier alpha value is -0.860. The van der Waals surface area contributed by atoms with E-state index in [9.17, 15) is 4.79 Å². The lowest BCUT2D eigenvalue weighted by atomic mass is 10.9. The van der Waals surface area contributed by atoms with Crippen LogP contribution in [0.25, 0.3) is 0 Å². The van der Waals surface area contributed by atoms with Crippen molar-refractivity contribution in [2.24, 2.45) is 5.16 Å². The molecule has 0 heterocycles. The first-order valence-corrected chi connectivity index (χ1v) is 1.49. The molecule has 0 spiro atoms. The van der Waals surface area contributed by atoms with Crippen LogP contribution in [0.15, 0.2) is 5.16 Å². The number of nitrogens with zero attached hydrogens (tertiary/aromatic N) is 1. The van der Waals surface area contributed by atoms with Crippen LogP contribution in [0.2, 0.25) is 0 Å². The standard InChI is InChI=1S/C3H5NO2/c1-2-4-6-3-5/h2-3H,1H3. The topological polar surface area (TPSA) is 38.7 Å². The fourth-order valence-electron chi connectivity index (χ4n) is 0.0857. The molecule has 0 aliphatic rings. The summed E-state index contributed by atoms with van der Waals surface area (Å²) in [6, 6.07) is 0. The molecule has 0 radical (unpaired) electrons. The highest BCUT2D eigenvalue weighted by Gasteiger charge is 1.58. The Morgan fingerprint density at radius 1 is 1.83 bits per heavy atom. The Balaban J connectivity index is 2.85. The lowest BCUT2D eigenvalue weighted by molar-refractivity contribution is -0.128. The molecule has 6 heavy (non-hydrogen) atoms. The third-order valence-corrected chi connectivity index (χ3v) is 0.209. The normalized spacial score (nSPS) is 8.83. The summed E-state index contributed by atoms with van der Waals surface area (Å²) in [6.07, 6.45) is 1.38. The third kappa shape index (κ3) is 3.14. The van der Waals surface area contributed by atoms with Crippen molar-refractivity contribution in [1.82, 2.24) is 0 Å². The minimum Gasteiger partial charge on any atom is -0.322 e. The van der Waals surface area contributed by atoms with Gasteiger partial charge in [-0.15, -0.1) is 0 Å². The van der Waals surface area contributed by atoms with Gasteiger partial charge in [0.25, 0.3) is 0 Å². The van der Waals surface area contributed by atoms with E-state index >= 15 is 0 Å². The highest BCUT2D eigenvalue weighted by Crippen LogP contribution is 1.59. The molecular formula is C3H5NO2. The Bertz CT molecular complexity index is 59.8. The van der Waals surface area contributed by atoms with Crippen LogP contribution < -0.4 is 0 Å². The lowest BCUT2D eigenvalue weighted by Crippen LogP contribution is -1.71. The number of hydrogen-bond donors (Lipinski definition) is 0. The molecule has 0 rings (SSSR count). The monoisotopic (exact) mass is 87.0 g/mol. The minimum atomic E-state index is 0.264. The van der Waals surface area contributed by atoms with Crippen molar-refractivity contribution >= 4 is 12.7 Å². The fraction of sp³-hybridized carbons (Fsp3) is 0.333. The maximum absolute atomic E-state index is 9.23. The van der Waals surface area contributed by atoms with Crippen LogP contribution in [-0.2, 0) is 9.63 Å². The molecule has 3 nitrogen and oxygen atoms in total. The van der Waals surface area contributed by atoms with E-state index in [0.717, 1.165) is 0 Å². The Morgan fingerprint density at radius 3 is 2.67 bits per heavy atom. The van der Waals surface area contributed by atoms with E-state index in [2.05, 4.69) is 9.99 Å². The van der Waals surface area contributed by atoms with Crippen molar-refractivity contribution < 1.29 is 9.63 Å². The average molecular weight is 87.1 g/mol. The van der Waals surface area contributed by atoms with Crippen LogP contribution in [-0.4, -0.2) is 12.7 Å². The van der Waals surface area contributed by atoms with Crippen molar-refractivity contribution in [3.8, 4) is 0 Å². The van der Waals surface area contributed by atoms with Crippen molar-refractivity contribution in [3.05, 3.63) is 0 Å². The van der Waals surface area contributed by atoms with Gasteiger partial charge >= 0.3 is 6.47 Å². The molecular weight excluding hydrogens is 82.0 g/mol. The zero-order valence-electron chi connectivity index (χ0n) is 3.42. The molecule has 0 aliphatic heterocycles. The first-order valence-electron chi connectivity index (χ1n) is 1.49. The van der Waals surface area contributed by atoms with Gasteiger partial charge in [0, 0.05) is 6.21 Å². The van der Waals surface area contributed by atoms with Crippen LogP contribution in [0, 0.1) is 0 Å². The molecule has 0 atom stereocenters. The van der Waals surface area contributed by atoms with Gasteiger partial charge in [0.15, 0.2) is 0 Å². The minimum absolute atomic E-state index is 0.264. The zero-order valence-corrected chi connectivity index (χ0v) is 3.42. The molecule has 0 aromatic rings. The van der Waals surface area contributed by atoms with Gasteiger partial charge in [-0.25, -0.2) is 0 Å². The van der Waals surface area contributed by atoms with E-state index in [4.69, 9.17) is 0 Å². The van der Waals surface area contributed by atoms with E-state index in [0.29, 0.717) is 0 Å². The molecule has 0 N–H and O–H groups in total. The van der Waals surface area contributed by atoms with Gasteiger partial charge in [0.05, 0.1) is 0 Å². The van der Waals surface area contributed by atoms with Gasteiger partial charge in [-0.1, -0.05) is 5.16 Å². The molecule has 0 saturated heterocycles. The van der Waals surface area contributed by atoms with Crippen LogP contribution in [0.5, 0.6) is 0 Å². The molecule has 0 bridgehead atoms. The summed E-state index contributed by atoms with van der Waals surface area (Å²) in [7, 11) is 0. The van der Waals surface area contributed by atoms with Gasteiger partial charge in [-0.3, -0.25) is 4.79 Å². The van der Waals surface area contributed by atoms with E-state index in [1.54, 1.807) is 6.92 Å². The van der Waals surface area contributed by atoms with Gasteiger partial charge < -0.3 is 4.84 Å². The van der Waals surface area contributed by atoms with E-state index in [-0.39, 0.29) is 6.47 Å². The summed E-state index contributed by atoms with van der Waals surface area (Å²) in [6.45, 7) is 1.92. The highest BCUT2D eigenvalue weighted by atomic mass is 16.7. The second kappa shape index (κ2) is 4.14. The quantitative estimate of drug-likeness (QED) is 0.208. The number of oxime groups is 1. The summed E-state index contributed by atoms with van der Waals surface area (Å²) >= 11 is 0. The largest absolute Gasteiger partial charge is 0.323 e. The SMILES string of the molecule is CC=NOC=O. The third-order valence-electron chi connectivity index (χ3n) is 0.209. The fourth-order valence-corrected chi connectivity index (χ4v) is 0.0857. The summed E-state index contributed by atoms with van der Waals surface area (Å²) in [5.41, 5.74) is 0. The number of hydrogen-bond acceptors (Lipinski definition) is 3. The summed E-state index contributed by atoms with van der Waals surface area (Å²) in [5.74, 6) is 0. The van der Waals surface area contributed by atoms with Crippen molar-refractivity contribution in [2.75, 3.05) is 0 Å². The maximum atomic E-state index is 9.23. The van der Waals surface area contributed by atoms with Crippen molar-refractivity contribution in [2.45, 2.75) is 6.92 Å². The molecule has 0 fully saturated rings. The highest BCUT2D eigenvalue weighted by molar-refractivity contribution is 5.53. The molecule has 0 amide bonds.